The van der Waals surface area contributed by atoms with Gasteiger partial charge in [0.2, 0.25) is 5.95 Å². The number of hydrogen-bond donors (Lipinski definition) is 1. The molecule has 0 unspecified atom stereocenters. The molecular formula is C17H11Cl2IN4. The molecule has 3 aromatic rings. The zero-order valence-electron chi connectivity index (χ0n) is 12.2. The van der Waals surface area contributed by atoms with Crippen molar-refractivity contribution in [3.05, 3.63) is 73.9 Å². The number of halogens is 3. The Morgan fingerprint density at radius 3 is 2.67 bits per heavy atom. The Labute approximate surface area is 162 Å². The van der Waals surface area contributed by atoms with Gasteiger partial charge in [0.15, 0.2) is 5.82 Å². The molecule has 2 heterocycles. The van der Waals surface area contributed by atoms with Crippen LogP contribution in [0.5, 0.6) is 0 Å². The van der Waals surface area contributed by atoms with Crippen LogP contribution in [0.15, 0.2) is 58.3 Å². The van der Waals surface area contributed by atoms with Crippen molar-refractivity contribution < 1.29 is 0 Å². The number of anilines is 1. The molecule has 1 atom stereocenters. The first-order valence-corrected chi connectivity index (χ1v) is 9.06. The van der Waals surface area contributed by atoms with Gasteiger partial charge in [0.25, 0.3) is 0 Å². The predicted molar refractivity (Wildman–Crippen MR) is 106 cm³/mol. The molecular weight excluding hydrogens is 458 g/mol. The molecule has 24 heavy (non-hydrogen) atoms. The lowest BCUT2D eigenvalue weighted by molar-refractivity contribution is 0.610. The maximum atomic E-state index is 6.40. The lowest BCUT2D eigenvalue weighted by Gasteiger charge is -2.22. The van der Waals surface area contributed by atoms with Gasteiger partial charge in [-0.15, -0.1) is 5.10 Å². The van der Waals surface area contributed by atoms with E-state index in [2.05, 4.69) is 44.1 Å². The fraction of sp³-hybridized carbons (Fsp3) is 0.0588. The third kappa shape index (κ3) is 2.92. The van der Waals surface area contributed by atoms with Gasteiger partial charge in [0.05, 0.1) is 3.70 Å². The lowest BCUT2D eigenvalue weighted by atomic mass is 10.1. The molecule has 7 heteroatoms. The summed E-state index contributed by atoms with van der Waals surface area (Å²) in [5.41, 5.74) is 1.86. The summed E-state index contributed by atoms with van der Waals surface area (Å²) < 4.78 is 2.80. The van der Waals surface area contributed by atoms with Gasteiger partial charge in [0.1, 0.15) is 6.04 Å². The fourth-order valence-corrected chi connectivity index (χ4v) is 3.62. The molecule has 0 spiro atoms. The van der Waals surface area contributed by atoms with Crippen molar-refractivity contribution in [2.24, 2.45) is 0 Å². The van der Waals surface area contributed by atoms with E-state index in [4.69, 9.17) is 23.2 Å². The third-order valence-corrected chi connectivity index (χ3v) is 4.95. The standard InChI is InChI=1S/C17H11Cl2IN4/c18-11-6-7-13(19)12(8-11)14-9-15(20)21-17-22-16(23-24(14)17)10-4-2-1-3-5-10/h1-9,14H,(H,21,22,23)/t14-/m1/s1. The third-order valence-electron chi connectivity index (χ3n) is 3.74. The second-order valence-electron chi connectivity index (χ2n) is 5.32. The highest BCUT2D eigenvalue weighted by Crippen LogP contribution is 2.36. The number of nitrogens with zero attached hydrogens (tertiary/aromatic N) is 3. The van der Waals surface area contributed by atoms with E-state index >= 15 is 0 Å². The smallest absolute Gasteiger partial charge is 0.227 e. The van der Waals surface area contributed by atoms with Gasteiger partial charge in [-0.1, -0.05) is 53.5 Å². The van der Waals surface area contributed by atoms with Crippen LogP contribution in [0.1, 0.15) is 11.6 Å². The van der Waals surface area contributed by atoms with E-state index in [1.807, 2.05) is 41.1 Å². The Kier molecular flexibility index (Phi) is 4.24. The first-order valence-electron chi connectivity index (χ1n) is 7.23. The van der Waals surface area contributed by atoms with Crippen molar-refractivity contribution in [1.29, 1.82) is 0 Å². The van der Waals surface area contributed by atoms with Crippen LogP contribution in [0.4, 0.5) is 5.95 Å². The molecule has 0 bridgehead atoms. The number of fused-ring (bicyclic) bond motifs is 1. The van der Waals surface area contributed by atoms with Crippen molar-refractivity contribution in [3.63, 3.8) is 0 Å². The summed E-state index contributed by atoms with van der Waals surface area (Å²) in [6, 6.07) is 15.2. The summed E-state index contributed by atoms with van der Waals surface area (Å²) >= 11 is 14.8. The average molecular weight is 469 g/mol. The van der Waals surface area contributed by atoms with Crippen molar-refractivity contribution in [2.45, 2.75) is 6.04 Å². The lowest BCUT2D eigenvalue weighted by Crippen LogP contribution is -2.19. The predicted octanol–water partition coefficient (Wildman–Crippen LogP) is 5.54. The SMILES string of the molecule is Clc1ccc(Cl)c([C@H]2C=C(I)Nc3nc(-c4ccccc4)nn32)c1. The highest BCUT2D eigenvalue weighted by Gasteiger charge is 2.26. The summed E-state index contributed by atoms with van der Waals surface area (Å²) in [4.78, 5) is 4.62. The molecule has 4 rings (SSSR count). The van der Waals surface area contributed by atoms with Crippen molar-refractivity contribution in [1.82, 2.24) is 14.8 Å². The molecule has 1 aliphatic rings. The van der Waals surface area contributed by atoms with Gasteiger partial charge < -0.3 is 5.32 Å². The Balaban J connectivity index is 1.84. The van der Waals surface area contributed by atoms with Gasteiger partial charge in [0, 0.05) is 21.2 Å². The number of aromatic nitrogens is 3. The number of benzene rings is 2. The maximum Gasteiger partial charge on any atom is 0.227 e. The first kappa shape index (κ1) is 15.9. The summed E-state index contributed by atoms with van der Waals surface area (Å²) in [5, 5.41) is 9.21. The average Bonchev–Trinajstić information content (AvgIpc) is 3.01. The topological polar surface area (TPSA) is 42.7 Å². The molecule has 0 fully saturated rings. The molecule has 1 aliphatic heterocycles. The summed E-state index contributed by atoms with van der Waals surface area (Å²) in [6.45, 7) is 0. The minimum absolute atomic E-state index is 0.163. The second kappa shape index (κ2) is 6.38. The van der Waals surface area contributed by atoms with E-state index in [9.17, 15) is 0 Å². The molecule has 120 valence electrons. The zero-order valence-corrected chi connectivity index (χ0v) is 15.9. The van der Waals surface area contributed by atoms with Crippen LogP contribution in [-0.2, 0) is 0 Å². The summed E-state index contributed by atoms with van der Waals surface area (Å²) in [6.07, 6.45) is 2.05. The van der Waals surface area contributed by atoms with Crippen molar-refractivity contribution in [3.8, 4) is 11.4 Å². The minimum atomic E-state index is -0.163. The first-order chi connectivity index (χ1) is 11.6. The zero-order chi connectivity index (χ0) is 16.7. The van der Waals surface area contributed by atoms with E-state index < -0.39 is 0 Å². The number of allylic oxidation sites excluding steroid dienone is 1. The van der Waals surface area contributed by atoms with Crippen LogP contribution in [0.25, 0.3) is 11.4 Å². The highest BCUT2D eigenvalue weighted by molar-refractivity contribution is 14.1. The highest BCUT2D eigenvalue weighted by atomic mass is 127. The Bertz CT molecular complexity index is 937. The Morgan fingerprint density at radius 1 is 1.08 bits per heavy atom. The molecule has 0 saturated carbocycles. The fourth-order valence-electron chi connectivity index (χ4n) is 2.63. The quantitative estimate of drug-likeness (QED) is 0.396. The van der Waals surface area contributed by atoms with Crippen LogP contribution in [0, 0.1) is 0 Å². The number of hydrogen-bond acceptors (Lipinski definition) is 3. The molecule has 1 N–H and O–H groups in total. The molecule has 0 saturated heterocycles. The molecule has 0 radical (unpaired) electrons. The largest absolute Gasteiger partial charge is 0.319 e. The van der Waals surface area contributed by atoms with Gasteiger partial charge in [-0.25, -0.2) is 4.68 Å². The second-order valence-corrected chi connectivity index (χ2v) is 7.33. The summed E-state index contributed by atoms with van der Waals surface area (Å²) in [5.74, 6) is 1.35. The van der Waals surface area contributed by atoms with E-state index in [0.29, 0.717) is 21.8 Å². The van der Waals surface area contributed by atoms with Gasteiger partial charge in [-0.3, -0.25) is 0 Å². The van der Waals surface area contributed by atoms with Gasteiger partial charge >= 0.3 is 0 Å². The van der Waals surface area contributed by atoms with Gasteiger partial charge in [-0.05, 0) is 46.9 Å². The molecule has 0 aliphatic carbocycles. The van der Waals surface area contributed by atoms with Crippen LogP contribution >= 0.6 is 45.8 Å². The van der Waals surface area contributed by atoms with Crippen LogP contribution in [-0.4, -0.2) is 14.8 Å². The minimum Gasteiger partial charge on any atom is -0.319 e. The molecule has 4 nitrogen and oxygen atoms in total. The Hall–Kier alpha value is -1.57. The number of nitrogens with one attached hydrogen (secondary N) is 1. The van der Waals surface area contributed by atoms with E-state index in [0.717, 1.165) is 14.8 Å². The van der Waals surface area contributed by atoms with Gasteiger partial charge in [-0.2, -0.15) is 4.98 Å². The molecule has 0 amide bonds. The van der Waals surface area contributed by atoms with Crippen molar-refractivity contribution >= 4 is 51.7 Å². The van der Waals surface area contributed by atoms with Crippen LogP contribution in [0.2, 0.25) is 10.0 Å². The number of rotatable bonds is 2. The van der Waals surface area contributed by atoms with Crippen LogP contribution < -0.4 is 5.32 Å². The Morgan fingerprint density at radius 2 is 1.88 bits per heavy atom. The maximum absolute atomic E-state index is 6.40. The summed E-state index contributed by atoms with van der Waals surface area (Å²) in [7, 11) is 0. The van der Waals surface area contributed by atoms with E-state index in [1.165, 1.54) is 0 Å². The van der Waals surface area contributed by atoms with E-state index in [-0.39, 0.29) is 6.04 Å². The monoisotopic (exact) mass is 468 g/mol. The molecule has 1 aromatic heterocycles. The van der Waals surface area contributed by atoms with Crippen LogP contribution in [0.3, 0.4) is 0 Å². The van der Waals surface area contributed by atoms with E-state index in [1.54, 1.807) is 12.1 Å². The normalized spacial score (nSPS) is 16.3. The molecule has 2 aromatic carbocycles. The van der Waals surface area contributed by atoms with Crippen molar-refractivity contribution in [2.75, 3.05) is 5.32 Å².